The molecule has 5 nitrogen and oxygen atoms in total. The van der Waals surface area contributed by atoms with Crippen LogP contribution in [0.25, 0.3) is 0 Å². The van der Waals surface area contributed by atoms with Crippen molar-refractivity contribution in [1.82, 2.24) is 9.88 Å². The highest BCUT2D eigenvalue weighted by Gasteiger charge is 2.44. The lowest BCUT2D eigenvalue weighted by Gasteiger charge is -2.28. The van der Waals surface area contributed by atoms with Gasteiger partial charge >= 0.3 is 0 Å². The quantitative estimate of drug-likeness (QED) is 0.896. The highest BCUT2D eigenvalue weighted by molar-refractivity contribution is 6.09. The van der Waals surface area contributed by atoms with E-state index < -0.39 is 17.7 Å². The first-order valence-corrected chi connectivity index (χ1v) is 8.64. The van der Waals surface area contributed by atoms with Crippen molar-refractivity contribution in [3.63, 3.8) is 0 Å². The maximum atomic E-state index is 12.8. The van der Waals surface area contributed by atoms with E-state index in [9.17, 15) is 14.7 Å². The summed E-state index contributed by atoms with van der Waals surface area (Å²) in [5.74, 6) is -1.47. The molecule has 2 heterocycles. The minimum absolute atomic E-state index is 0.188. The fourth-order valence-corrected chi connectivity index (χ4v) is 3.28. The van der Waals surface area contributed by atoms with Gasteiger partial charge in [-0.1, -0.05) is 38.1 Å². The van der Waals surface area contributed by atoms with E-state index in [1.807, 2.05) is 43.3 Å². The number of ketones is 1. The summed E-state index contributed by atoms with van der Waals surface area (Å²) in [6.07, 6.45) is 3.32. The number of benzene rings is 1. The van der Waals surface area contributed by atoms with Crippen LogP contribution in [0.2, 0.25) is 0 Å². The highest BCUT2D eigenvalue weighted by atomic mass is 16.3. The number of aromatic nitrogens is 1. The van der Waals surface area contributed by atoms with Gasteiger partial charge < -0.3 is 10.0 Å². The van der Waals surface area contributed by atoms with Gasteiger partial charge in [0.2, 0.25) is 0 Å². The third kappa shape index (κ3) is 3.12. The molecule has 1 unspecified atom stereocenters. The second-order valence-electron chi connectivity index (χ2n) is 6.83. The summed E-state index contributed by atoms with van der Waals surface area (Å²) in [6, 6.07) is 10.7. The average Bonchev–Trinajstić information content (AvgIpc) is 2.87. The van der Waals surface area contributed by atoms with E-state index in [0.29, 0.717) is 6.54 Å². The van der Waals surface area contributed by atoms with Gasteiger partial charge in [-0.2, -0.15) is 0 Å². The van der Waals surface area contributed by atoms with E-state index >= 15 is 0 Å². The van der Waals surface area contributed by atoms with Gasteiger partial charge in [0.25, 0.3) is 5.91 Å². The van der Waals surface area contributed by atoms with Crippen molar-refractivity contribution in [2.45, 2.75) is 33.4 Å². The van der Waals surface area contributed by atoms with Gasteiger partial charge in [0, 0.05) is 24.9 Å². The first-order valence-electron chi connectivity index (χ1n) is 8.64. The summed E-state index contributed by atoms with van der Waals surface area (Å²) in [5, 5.41) is 10.5. The number of pyridine rings is 1. The molecule has 1 aliphatic heterocycles. The third-order valence-corrected chi connectivity index (χ3v) is 4.68. The van der Waals surface area contributed by atoms with Crippen LogP contribution in [-0.2, 0) is 16.1 Å². The number of hydrogen-bond acceptors (Lipinski definition) is 4. The molecule has 0 saturated heterocycles. The second-order valence-corrected chi connectivity index (χ2v) is 6.83. The van der Waals surface area contributed by atoms with Gasteiger partial charge in [0.1, 0.15) is 0 Å². The Bertz CT molecular complexity index is 872. The molecule has 134 valence electrons. The fraction of sp³-hybridized carbons (Fsp3) is 0.286. The zero-order chi connectivity index (χ0) is 18.8. The number of nitrogens with zero attached hydrogens (tertiary/aromatic N) is 2. The number of aliphatic hydroxyl groups excluding tert-OH is 1. The van der Waals surface area contributed by atoms with E-state index in [1.54, 1.807) is 31.1 Å². The van der Waals surface area contributed by atoms with Gasteiger partial charge in [-0.3, -0.25) is 14.6 Å². The van der Waals surface area contributed by atoms with E-state index in [4.69, 9.17) is 0 Å². The van der Waals surface area contributed by atoms with Crippen LogP contribution in [0.5, 0.6) is 0 Å². The molecule has 5 heteroatoms. The van der Waals surface area contributed by atoms with Crippen molar-refractivity contribution in [3.8, 4) is 0 Å². The molecule has 3 rings (SSSR count). The Morgan fingerprint density at radius 2 is 1.85 bits per heavy atom. The Balaban J connectivity index is 2.11. The Hall–Kier alpha value is -2.95. The standard InChI is InChI=1S/C21H22N2O3/c1-13(2)19(24)17-18(16-7-5-4-6-14(16)3)23(21(26)20(17)25)12-15-8-10-22-11-9-15/h4-11,13,18,25H,12H2,1-3H3. The Labute approximate surface area is 153 Å². The van der Waals surface area contributed by atoms with Crippen molar-refractivity contribution >= 4 is 11.7 Å². The summed E-state index contributed by atoms with van der Waals surface area (Å²) < 4.78 is 0. The molecule has 0 aliphatic carbocycles. The molecule has 1 N–H and O–H groups in total. The van der Waals surface area contributed by atoms with E-state index in [0.717, 1.165) is 16.7 Å². The molecule has 0 spiro atoms. The number of carbonyl (C=O) groups excluding carboxylic acids is 2. The number of hydrogen-bond donors (Lipinski definition) is 1. The average molecular weight is 350 g/mol. The Kier molecular flexibility index (Phi) is 4.89. The fourth-order valence-electron chi connectivity index (χ4n) is 3.28. The second kappa shape index (κ2) is 7.12. The first kappa shape index (κ1) is 17.9. The largest absolute Gasteiger partial charge is 0.503 e. The Morgan fingerprint density at radius 3 is 2.46 bits per heavy atom. The Morgan fingerprint density at radius 1 is 1.19 bits per heavy atom. The molecule has 0 radical (unpaired) electrons. The van der Waals surface area contributed by atoms with Crippen LogP contribution in [-0.4, -0.2) is 26.7 Å². The molecule has 1 aliphatic rings. The van der Waals surface area contributed by atoms with Crippen molar-refractivity contribution in [2.75, 3.05) is 0 Å². The minimum atomic E-state index is -0.591. The lowest BCUT2D eigenvalue weighted by Crippen LogP contribution is -2.31. The number of aliphatic hydroxyl groups is 1. The van der Waals surface area contributed by atoms with Crippen molar-refractivity contribution in [2.24, 2.45) is 5.92 Å². The minimum Gasteiger partial charge on any atom is -0.503 e. The molecular weight excluding hydrogens is 328 g/mol. The summed E-state index contributed by atoms with van der Waals surface area (Å²) in [7, 11) is 0. The maximum absolute atomic E-state index is 12.8. The SMILES string of the molecule is Cc1ccccc1C1C(C(=O)C(C)C)=C(O)C(=O)N1Cc1ccncc1. The number of rotatable bonds is 5. The number of Topliss-reactive ketones (excluding diaryl/α,β-unsaturated/α-hetero) is 1. The summed E-state index contributed by atoms with van der Waals surface area (Å²) in [6.45, 7) is 5.78. The van der Waals surface area contributed by atoms with Crippen molar-refractivity contribution < 1.29 is 14.7 Å². The van der Waals surface area contributed by atoms with Gasteiger partial charge in [-0.25, -0.2) is 0 Å². The van der Waals surface area contributed by atoms with Crippen molar-refractivity contribution in [3.05, 3.63) is 76.8 Å². The smallest absolute Gasteiger partial charge is 0.290 e. The maximum Gasteiger partial charge on any atom is 0.290 e. The molecule has 0 bridgehead atoms. The monoisotopic (exact) mass is 350 g/mol. The molecule has 1 amide bonds. The zero-order valence-corrected chi connectivity index (χ0v) is 15.1. The van der Waals surface area contributed by atoms with Crippen LogP contribution in [0.3, 0.4) is 0 Å². The van der Waals surface area contributed by atoms with E-state index in [2.05, 4.69) is 4.98 Å². The van der Waals surface area contributed by atoms with Crippen molar-refractivity contribution in [1.29, 1.82) is 0 Å². The summed E-state index contributed by atoms with van der Waals surface area (Å²) in [5.41, 5.74) is 2.89. The van der Waals surface area contributed by atoms with Crippen LogP contribution < -0.4 is 0 Å². The molecule has 2 aromatic rings. The summed E-state index contributed by atoms with van der Waals surface area (Å²) in [4.78, 5) is 31.1. The number of carbonyl (C=O) groups is 2. The zero-order valence-electron chi connectivity index (χ0n) is 15.1. The van der Waals surface area contributed by atoms with E-state index in [1.165, 1.54) is 0 Å². The molecule has 1 aromatic heterocycles. The van der Waals surface area contributed by atoms with Crippen LogP contribution in [0.4, 0.5) is 0 Å². The topological polar surface area (TPSA) is 70.5 Å². The van der Waals surface area contributed by atoms with Gasteiger partial charge in [-0.05, 0) is 35.7 Å². The van der Waals surface area contributed by atoms with Gasteiger partial charge in [-0.15, -0.1) is 0 Å². The predicted octanol–water partition coefficient (Wildman–Crippen LogP) is 3.51. The lowest BCUT2D eigenvalue weighted by molar-refractivity contribution is -0.130. The lowest BCUT2D eigenvalue weighted by atomic mass is 9.89. The molecule has 26 heavy (non-hydrogen) atoms. The van der Waals surface area contributed by atoms with E-state index in [-0.39, 0.29) is 17.3 Å². The van der Waals surface area contributed by atoms with Gasteiger partial charge in [0.05, 0.1) is 11.6 Å². The van der Waals surface area contributed by atoms with Crippen LogP contribution in [0.1, 0.15) is 36.6 Å². The summed E-state index contributed by atoms with van der Waals surface area (Å²) >= 11 is 0. The van der Waals surface area contributed by atoms with Crippen LogP contribution >= 0.6 is 0 Å². The molecular formula is C21H22N2O3. The first-order chi connectivity index (χ1) is 12.4. The number of amides is 1. The van der Waals surface area contributed by atoms with Crippen LogP contribution in [0, 0.1) is 12.8 Å². The van der Waals surface area contributed by atoms with Crippen LogP contribution in [0.15, 0.2) is 60.1 Å². The molecule has 1 aromatic carbocycles. The predicted molar refractivity (Wildman–Crippen MR) is 98.2 cm³/mol. The third-order valence-electron chi connectivity index (χ3n) is 4.68. The number of aryl methyl sites for hydroxylation is 1. The van der Waals surface area contributed by atoms with Gasteiger partial charge in [0.15, 0.2) is 11.5 Å². The highest BCUT2D eigenvalue weighted by Crippen LogP contribution is 2.40. The normalized spacial score (nSPS) is 17.3. The molecule has 0 fully saturated rings. The molecule has 1 atom stereocenters. The molecule has 0 saturated carbocycles.